The van der Waals surface area contributed by atoms with Gasteiger partial charge in [-0.05, 0) is 25.7 Å². The molecule has 0 bridgehead atoms. The van der Waals surface area contributed by atoms with Crippen molar-refractivity contribution in [1.29, 1.82) is 0 Å². The standard InChI is InChI=1S/C20H32O5/c1-2-3-6-9-15(21)12-13-17-16(18(22)14-19(17)23)10-7-4-5-8-11-20(24)25/h4,7,12-13,15-18,21-22H,2-3,5-6,8-11,14H2,1H3,(H,24,25)/b7-4-,13-12+/t15-,16-,17+,18+/m0/s1. The van der Waals surface area contributed by atoms with Gasteiger partial charge in [-0.15, -0.1) is 0 Å². The number of ketones is 1. The Morgan fingerprint density at radius 2 is 2.04 bits per heavy atom. The minimum atomic E-state index is -0.798. The van der Waals surface area contributed by atoms with Gasteiger partial charge in [-0.3, -0.25) is 9.59 Å². The minimum Gasteiger partial charge on any atom is -0.481 e. The van der Waals surface area contributed by atoms with Crippen molar-refractivity contribution in [2.24, 2.45) is 11.8 Å². The zero-order valence-corrected chi connectivity index (χ0v) is 15.1. The summed E-state index contributed by atoms with van der Waals surface area (Å²) in [6.45, 7) is 2.11. The maximum atomic E-state index is 12.1. The van der Waals surface area contributed by atoms with Gasteiger partial charge in [0.2, 0.25) is 0 Å². The number of carboxylic acid groups (broad SMARTS) is 1. The van der Waals surface area contributed by atoms with E-state index in [4.69, 9.17) is 5.11 Å². The molecular weight excluding hydrogens is 320 g/mol. The van der Waals surface area contributed by atoms with E-state index >= 15 is 0 Å². The zero-order chi connectivity index (χ0) is 18.7. The quantitative estimate of drug-likeness (QED) is 0.370. The molecule has 0 amide bonds. The monoisotopic (exact) mass is 352 g/mol. The Bertz CT molecular complexity index is 469. The second kappa shape index (κ2) is 12.0. The Morgan fingerprint density at radius 1 is 1.28 bits per heavy atom. The predicted octanol–water partition coefficient (Wildman–Crippen LogP) is 3.25. The Labute approximate surface area is 150 Å². The number of aliphatic hydroxyl groups is 2. The van der Waals surface area contributed by atoms with Gasteiger partial charge in [0.05, 0.1) is 12.2 Å². The van der Waals surface area contributed by atoms with Gasteiger partial charge in [-0.1, -0.05) is 50.5 Å². The van der Waals surface area contributed by atoms with Crippen molar-refractivity contribution in [3.05, 3.63) is 24.3 Å². The number of allylic oxidation sites excluding steroid dienone is 3. The van der Waals surface area contributed by atoms with Crippen LogP contribution < -0.4 is 0 Å². The first-order valence-electron chi connectivity index (χ1n) is 9.39. The van der Waals surface area contributed by atoms with Gasteiger partial charge in [-0.25, -0.2) is 0 Å². The summed E-state index contributed by atoms with van der Waals surface area (Å²) < 4.78 is 0. The maximum absolute atomic E-state index is 12.1. The molecule has 25 heavy (non-hydrogen) atoms. The molecule has 4 atom stereocenters. The number of aliphatic carboxylic acids is 1. The van der Waals surface area contributed by atoms with Gasteiger partial charge in [0.1, 0.15) is 5.78 Å². The van der Waals surface area contributed by atoms with Crippen molar-refractivity contribution >= 4 is 11.8 Å². The maximum Gasteiger partial charge on any atom is 0.303 e. The van der Waals surface area contributed by atoms with Crippen LogP contribution in [0.15, 0.2) is 24.3 Å². The molecule has 5 heteroatoms. The summed E-state index contributed by atoms with van der Waals surface area (Å²) >= 11 is 0. The smallest absolute Gasteiger partial charge is 0.303 e. The number of Topliss-reactive ketones (excluding diaryl/α,β-unsaturated/α-hetero) is 1. The summed E-state index contributed by atoms with van der Waals surface area (Å²) in [7, 11) is 0. The molecule has 0 heterocycles. The lowest BCUT2D eigenvalue weighted by Crippen LogP contribution is -2.19. The molecule has 3 N–H and O–H groups in total. The average Bonchev–Trinajstić information content (AvgIpc) is 2.82. The number of carbonyl (C=O) groups excluding carboxylic acids is 1. The van der Waals surface area contributed by atoms with Crippen LogP contribution in [0.5, 0.6) is 0 Å². The van der Waals surface area contributed by atoms with Crippen molar-refractivity contribution in [2.75, 3.05) is 0 Å². The fraction of sp³-hybridized carbons (Fsp3) is 0.700. The van der Waals surface area contributed by atoms with Crippen LogP contribution in [0.2, 0.25) is 0 Å². The predicted molar refractivity (Wildman–Crippen MR) is 97.1 cm³/mol. The molecule has 1 fully saturated rings. The number of carbonyl (C=O) groups is 2. The van der Waals surface area contributed by atoms with Gasteiger partial charge in [0, 0.05) is 24.7 Å². The van der Waals surface area contributed by atoms with Crippen LogP contribution in [0.1, 0.15) is 64.7 Å². The zero-order valence-electron chi connectivity index (χ0n) is 15.1. The van der Waals surface area contributed by atoms with Crippen LogP contribution >= 0.6 is 0 Å². The molecule has 0 spiro atoms. The van der Waals surface area contributed by atoms with E-state index in [2.05, 4.69) is 6.92 Å². The average molecular weight is 352 g/mol. The van der Waals surface area contributed by atoms with E-state index in [0.29, 0.717) is 25.7 Å². The largest absolute Gasteiger partial charge is 0.481 e. The van der Waals surface area contributed by atoms with Crippen LogP contribution in [0.4, 0.5) is 0 Å². The van der Waals surface area contributed by atoms with Crippen molar-refractivity contribution < 1.29 is 24.9 Å². The van der Waals surface area contributed by atoms with Crippen LogP contribution in [-0.4, -0.2) is 39.3 Å². The molecule has 1 aliphatic rings. The molecule has 0 unspecified atom stereocenters. The van der Waals surface area contributed by atoms with E-state index in [1.54, 1.807) is 12.2 Å². The second-order valence-corrected chi connectivity index (χ2v) is 6.87. The van der Waals surface area contributed by atoms with Crippen molar-refractivity contribution in [1.82, 2.24) is 0 Å². The van der Waals surface area contributed by atoms with E-state index < -0.39 is 18.2 Å². The molecule has 0 aromatic carbocycles. The van der Waals surface area contributed by atoms with E-state index in [-0.39, 0.29) is 30.5 Å². The lowest BCUT2D eigenvalue weighted by atomic mass is 9.90. The van der Waals surface area contributed by atoms with Crippen LogP contribution in [0, 0.1) is 11.8 Å². The van der Waals surface area contributed by atoms with Gasteiger partial charge in [0.15, 0.2) is 0 Å². The number of hydrogen-bond acceptors (Lipinski definition) is 4. The summed E-state index contributed by atoms with van der Waals surface area (Å²) in [5.74, 6) is -1.29. The number of unbranched alkanes of at least 4 members (excludes halogenated alkanes) is 3. The number of hydrogen-bond donors (Lipinski definition) is 3. The van der Waals surface area contributed by atoms with Crippen molar-refractivity contribution in [3.63, 3.8) is 0 Å². The third-order valence-electron chi connectivity index (χ3n) is 4.72. The van der Waals surface area contributed by atoms with Gasteiger partial charge < -0.3 is 15.3 Å². The lowest BCUT2D eigenvalue weighted by Gasteiger charge is -2.17. The first-order chi connectivity index (χ1) is 12.0. The van der Waals surface area contributed by atoms with Crippen LogP contribution in [0.3, 0.4) is 0 Å². The summed E-state index contributed by atoms with van der Waals surface area (Å²) in [6.07, 6.45) is 12.1. The fourth-order valence-corrected chi connectivity index (χ4v) is 3.22. The molecule has 0 aliphatic heterocycles. The second-order valence-electron chi connectivity index (χ2n) is 6.87. The molecule has 1 aliphatic carbocycles. The Hall–Kier alpha value is -1.46. The highest BCUT2D eigenvalue weighted by Gasteiger charge is 2.39. The minimum absolute atomic E-state index is 0.0220. The Morgan fingerprint density at radius 3 is 2.72 bits per heavy atom. The Balaban J connectivity index is 2.48. The molecule has 0 aromatic rings. The van der Waals surface area contributed by atoms with Crippen molar-refractivity contribution in [2.45, 2.75) is 76.9 Å². The van der Waals surface area contributed by atoms with E-state index in [1.807, 2.05) is 12.2 Å². The summed E-state index contributed by atoms with van der Waals surface area (Å²) in [5, 5.41) is 28.7. The molecule has 0 radical (unpaired) electrons. The van der Waals surface area contributed by atoms with Crippen LogP contribution in [-0.2, 0) is 9.59 Å². The molecular formula is C20H32O5. The normalized spacial score (nSPS) is 25.2. The molecule has 5 nitrogen and oxygen atoms in total. The first-order valence-corrected chi connectivity index (χ1v) is 9.39. The summed E-state index contributed by atoms with van der Waals surface area (Å²) in [6, 6.07) is 0. The van der Waals surface area contributed by atoms with Crippen LogP contribution in [0.25, 0.3) is 0 Å². The van der Waals surface area contributed by atoms with Gasteiger partial charge in [0.25, 0.3) is 0 Å². The molecule has 0 saturated heterocycles. The molecule has 1 saturated carbocycles. The van der Waals surface area contributed by atoms with Crippen molar-refractivity contribution in [3.8, 4) is 0 Å². The summed E-state index contributed by atoms with van der Waals surface area (Å²) in [4.78, 5) is 22.5. The fourth-order valence-electron chi connectivity index (χ4n) is 3.22. The molecule has 142 valence electrons. The highest BCUT2D eigenvalue weighted by atomic mass is 16.4. The Kier molecular flexibility index (Phi) is 10.3. The third-order valence-corrected chi connectivity index (χ3v) is 4.72. The lowest BCUT2D eigenvalue weighted by molar-refractivity contribution is -0.137. The SMILES string of the molecule is CCCCC[C@H](O)/C=C/[C@H]1C(=O)C[C@@H](O)[C@H]1C/C=C\CCCC(=O)O. The number of carboxylic acids is 1. The molecule has 1 rings (SSSR count). The third kappa shape index (κ3) is 8.45. The van der Waals surface area contributed by atoms with E-state index in [0.717, 1.165) is 19.3 Å². The number of aliphatic hydroxyl groups excluding tert-OH is 2. The summed E-state index contributed by atoms with van der Waals surface area (Å²) in [5.41, 5.74) is 0. The first kappa shape index (κ1) is 21.6. The molecule has 0 aromatic heterocycles. The van der Waals surface area contributed by atoms with E-state index in [9.17, 15) is 19.8 Å². The number of rotatable bonds is 12. The highest BCUT2D eigenvalue weighted by molar-refractivity contribution is 5.86. The van der Waals surface area contributed by atoms with Gasteiger partial charge in [-0.2, -0.15) is 0 Å². The highest BCUT2D eigenvalue weighted by Crippen LogP contribution is 2.33. The van der Waals surface area contributed by atoms with E-state index in [1.165, 1.54) is 0 Å². The van der Waals surface area contributed by atoms with Gasteiger partial charge >= 0.3 is 5.97 Å². The topological polar surface area (TPSA) is 94.8 Å².